The van der Waals surface area contributed by atoms with E-state index in [1.165, 1.54) is 0 Å². The Labute approximate surface area is 131 Å². The van der Waals surface area contributed by atoms with Crippen LogP contribution in [0.15, 0.2) is 35.2 Å². The molecule has 6 nitrogen and oxygen atoms in total. The van der Waals surface area contributed by atoms with Gasteiger partial charge in [-0.15, -0.1) is 11.8 Å². The molecular weight excluding hydrogens is 304 g/mol. The minimum Gasteiger partial charge on any atom is -0.602 e. The standard InChI is InChI=1S/C15H16N2O4S/c1-9-7-22-8-10(9)6-13(15(19)20)16-14(18)11-4-2-3-5-12(11)17(16)21/h2-5,8-9,13,17H,6-7H2,1H3,(H,19,20). The second-order valence-electron chi connectivity index (χ2n) is 5.51. The van der Waals surface area contributed by atoms with Crippen molar-refractivity contribution in [3.8, 4) is 0 Å². The lowest BCUT2D eigenvalue weighted by Gasteiger charge is -2.31. The van der Waals surface area contributed by atoms with Crippen molar-refractivity contribution in [2.75, 3.05) is 5.75 Å². The molecule has 0 spiro atoms. The monoisotopic (exact) mass is 320 g/mol. The van der Waals surface area contributed by atoms with E-state index in [9.17, 15) is 19.9 Å². The second-order valence-corrected chi connectivity index (χ2v) is 6.41. The third-order valence-electron chi connectivity index (χ3n) is 4.07. The molecule has 2 aliphatic heterocycles. The smallest absolute Gasteiger partial charge is 0.332 e. The molecule has 2 aliphatic rings. The number of quaternary nitrogens is 1. The van der Waals surface area contributed by atoms with Crippen LogP contribution in [0.3, 0.4) is 0 Å². The third-order valence-corrected chi connectivity index (χ3v) is 5.23. The second kappa shape index (κ2) is 5.75. The van der Waals surface area contributed by atoms with Crippen LogP contribution in [-0.4, -0.2) is 33.8 Å². The Morgan fingerprint density at radius 1 is 1.55 bits per heavy atom. The third kappa shape index (κ3) is 2.41. The number of hydrogen-bond donors (Lipinski definition) is 2. The maximum Gasteiger partial charge on any atom is 0.332 e. The van der Waals surface area contributed by atoms with Crippen LogP contribution in [0.2, 0.25) is 0 Å². The number of thioether (sulfide) groups is 1. The predicted octanol–water partition coefficient (Wildman–Crippen LogP) is 1.18. The van der Waals surface area contributed by atoms with Crippen molar-refractivity contribution in [2.45, 2.75) is 19.4 Å². The fraction of sp³-hybridized carbons (Fsp3) is 0.333. The molecule has 0 bridgehead atoms. The van der Waals surface area contributed by atoms with Crippen molar-refractivity contribution in [3.05, 3.63) is 46.0 Å². The van der Waals surface area contributed by atoms with Crippen LogP contribution < -0.4 is 5.17 Å². The van der Waals surface area contributed by atoms with Crippen LogP contribution in [0.5, 0.6) is 0 Å². The zero-order valence-corrected chi connectivity index (χ0v) is 12.8. The van der Waals surface area contributed by atoms with E-state index in [1.54, 1.807) is 36.0 Å². The van der Waals surface area contributed by atoms with Gasteiger partial charge in [-0.05, 0) is 17.4 Å². The molecule has 2 heterocycles. The Kier molecular flexibility index (Phi) is 3.94. The number of rotatable bonds is 4. The van der Waals surface area contributed by atoms with Gasteiger partial charge in [0, 0.05) is 18.2 Å². The lowest BCUT2D eigenvalue weighted by atomic mass is 9.97. The van der Waals surface area contributed by atoms with Gasteiger partial charge in [-0.25, -0.2) is 9.97 Å². The van der Waals surface area contributed by atoms with Crippen LogP contribution in [0, 0.1) is 11.1 Å². The quantitative estimate of drug-likeness (QED) is 0.814. The fourth-order valence-electron chi connectivity index (χ4n) is 2.78. The number of carbonyl (C=O) groups is 2. The van der Waals surface area contributed by atoms with Gasteiger partial charge in [-0.1, -0.05) is 24.6 Å². The van der Waals surface area contributed by atoms with Crippen LogP contribution in [0.1, 0.15) is 23.7 Å². The summed E-state index contributed by atoms with van der Waals surface area (Å²) in [5, 5.41) is 24.3. The molecule has 0 saturated heterocycles. The number of amides is 1. The number of hydrogen-bond acceptors (Lipinski definition) is 4. The highest BCUT2D eigenvalue weighted by Gasteiger charge is 2.44. The number of benzene rings is 1. The molecule has 1 aromatic carbocycles. The first-order valence-electron chi connectivity index (χ1n) is 7.01. The highest BCUT2D eigenvalue weighted by Crippen LogP contribution is 2.32. The molecule has 7 heteroatoms. The van der Waals surface area contributed by atoms with Gasteiger partial charge < -0.3 is 10.3 Å². The first kappa shape index (κ1) is 15.1. The molecule has 0 aliphatic carbocycles. The van der Waals surface area contributed by atoms with Crippen molar-refractivity contribution in [1.82, 2.24) is 5.01 Å². The van der Waals surface area contributed by atoms with Gasteiger partial charge >= 0.3 is 11.9 Å². The van der Waals surface area contributed by atoms with Gasteiger partial charge in [0.1, 0.15) is 5.56 Å². The zero-order chi connectivity index (χ0) is 15.9. The van der Waals surface area contributed by atoms with Gasteiger partial charge in [0.25, 0.3) is 0 Å². The number of carboxylic acid groups (broad SMARTS) is 1. The molecule has 116 valence electrons. The molecule has 1 aromatic rings. The van der Waals surface area contributed by atoms with E-state index in [0.717, 1.165) is 16.3 Å². The normalized spacial score (nSPS) is 25.1. The van der Waals surface area contributed by atoms with E-state index in [4.69, 9.17) is 0 Å². The van der Waals surface area contributed by atoms with Crippen molar-refractivity contribution < 1.29 is 19.9 Å². The molecule has 0 saturated carbocycles. The van der Waals surface area contributed by atoms with E-state index in [1.807, 2.05) is 12.3 Å². The zero-order valence-electron chi connectivity index (χ0n) is 12.0. The lowest BCUT2D eigenvalue weighted by Crippen LogP contribution is -3.09. The molecule has 3 atom stereocenters. The number of nitrogens with zero attached hydrogens (tertiary/aromatic N) is 1. The summed E-state index contributed by atoms with van der Waals surface area (Å²) in [5.74, 6) is -0.502. The summed E-state index contributed by atoms with van der Waals surface area (Å²) in [5.41, 5.74) is 1.54. The Bertz CT molecular complexity index is 661. The summed E-state index contributed by atoms with van der Waals surface area (Å²) < 4.78 is 0. The summed E-state index contributed by atoms with van der Waals surface area (Å²) in [4.78, 5) is 24.1. The van der Waals surface area contributed by atoms with Crippen molar-refractivity contribution >= 4 is 29.3 Å². The van der Waals surface area contributed by atoms with E-state index in [0.29, 0.717) is 0 Å². The Morgan fingerprint density at radius 3 is 2.86 bits per heavy atom. The van der Waals surface area contributed by atoms with Crippen LogP contribution in [0.4, 0.5) is 5.69 Å². The van der Waals surface area contributed by atoms with Crippen LogP contribution in [-0.2, 0) is 4.79 Å². The molecule has 0 aromatic heterocycles. The van der Waals surface area contributed by atoms with Gasteiger partial charge in [-0.3, -0.25) is 4.79 Å². The summed E-state index contributed by atoms with van der Waals surface area (Å²) in [6, 6.07) is 5.30. The molecule has 0 radical (unpaired) electrons. The molecule has 0 fully saturated rings. The summed E-state index contributed by atoms with van der Waals surface area (Å²) in [6.45, 7) is 2.02. The lowest BCUT2D eigenvalue weighted by molar-refractivity contribution is -0.894. The number of carbonyl (C=O) groups excluding carboxylic acids is 1. The number of nitrogens with one attached hydrogen (secondary N) is 1. The minimum atomic E-state index is -1.15. The van der Waals surface area contributed by atoms with Crippen molar-refractivity contribution in [1.29, 1.82) is 0 Å². The van der Waals surface area contributed by atoms with Gasteiger partial charge in [0.15, 0.2) is 11.7 Å². The van der Waals surface area contributed by atoms with Crippen LogP contribution in [0.25, 0.3) is 0 Å². The first-order chi connectivity index (χ1) is 10.5. The average molecular weight is 320 g/mol. The summed E-state index contributed by atoms with van der Waals surface area (Å²) >= 11 is 1.63. The summed E-state index contributed by atoms with van der Waals surface area (Å²) in [6.07, 6.45) is 0.189. The van der Waals surface area contributed by atoms with Gasteiger partial charge in [0.05, 0.1) is 0 Å². The maximum absolute atomic E-state index is 12.4. The topological polar surface area (TPSA) is 85.1 Å². The molecule has 3 rings (SSSR count). The maximum atomic E-state index is 12.4. The van der Waals surface area contributed by atoms with Crippen LogP contribution >= 0.6 is 11.8 Å². The Hall–Kier alpha value is -1.83. The highest BCUT2D eigenvalue weighted by molar-refractivity contribution is 8.02. The number of carboxylic acids is 1. The molecule has 3 unspecified atom stereocenters. The van der Waals surface area contributed by atoms with E-state index >= 15 is 0 Å². The number of fused-ring (bicyclic) bond motifs is 1. The minimum absolute atomic E-state index is 0.189. The Balaban J connectivity index is 1.90. The SMILES string of the molecule is CC1CSC=C1CC(C(=O)O)N1C(=O)c2ccccc2[NH+]1[O-]. The van der Waals surface area contributed by atoms with E-state index < -0.39 is 23.1 Å². The average Bonchev–Trinajstić information content (AvgIpc) is 3.00. The molecule has 22 heavy (non-hydrogen) atoms. The highest BCUT2D eigenvalue weighted by atomic mass is 32.2. The summed E-state index contributed by atoms with van der Waals surface area (Å²) in [7, 11) is 0. The number of aliphatic carboxylic acids is 1. The van der Waals surface area contributed by atoms with Gasteiger partial charge in [0.2, 0.25) is 0 Å². The van der Waals surface area contributed by atoms with E-state index in [2.05, 4.69) is 0 Å². The first-order valence-corrected chi connectivity index (χ1v) is 8.06. The molecule has 2 N–H and O–H groups in total. The molecule has 1 amide bonds. The van der Waals surface area contributed by atoms with Crippen molar-refractivity contribution in [3.63, 3.8) is 0 Å². The van der Waals surface area contributed by atoms with Gasteiger partial charge in [-0.2, -0.15) is 5.01 Å². The predicted molar refractivity (Wildman–Crippen MR) is 82.3 cm³/mol. The molecular formula is C15H16N2O4S. The fourth-order valence-corrected chi connectivity index (χ4v) is 3.92. The largest absolute Gasteiger partial charge is 0.602 e. The van der Waals surface area contributed by atoms with E-state index in [-0.39, 0.29) is 23.6 Å². The Morgan fingerprint density at radius 2 is 2.27 bits per heavy atom. The van der Waals surface area contributed by atoms with Crippen molar-refractivity contribution in [2.24, 2.45) is 5.92 Å².